The average Bonchev–Trinajstić information content (AvgIpc) is 2.39. The lowest BCUT2D eigenvalue weighted by molar-refractivity contribution is 0.595. The number of halogens is 1. The maximum atomic E-state index is 13.1. The van der Waals surface area contributed by atoms with Gasteiger partial charge < -0.3 is 4.90 Å². The van der Waals surface area contributed by atoms with Gasteiger partial charge in [-0.15, -0.1) is 0 Å². The number of sulfonamides is 1. The van der Waals surface area contributed by atoms with Crippen molar-refractivity contribution >= 4 is 21.4 Å². The summed E-state index contributed by atoms with van der Waals surface area (Å²) in [6.07, 6.45) is 0. The summed E-state index contributed by atoms with van der Waals surface area (Å²) in [6.45, 7) is 0. The van der Waals surface area contributed by atoms with Crippen LogP contribution in [0.15, 0.2) is 53.4 Å². The Morgan fingerprint density at radius 3 is 2.25 bits per heavy atom. The van der Waals surface area contributed by atoms with Crippen LogP contribution in [-0.4, -0.2) is 22.5 Å². The molecule has 0 saturated heterocycles. The summed E-state index contributed by atoms with van der Waals surface area (Å²) in [5.41, 5.74) is 1.39. The third kappa shape index (κ3) is 3.27. The second-order valence-corrected chi connectivity index (χ2v) is 6.19. The molecule has 0 saturated carbocycles. The van der Waals surface area contributed by atoms with E-state index in [-0.39, 0.29) is 4.90 Å². The third-order valence-corrected chi connectivity index (χ3v) is 4.12. The Hall–Kier alpha value is -2.08. The van der Waals surface area contributed by atoms with Crippen molar-refractivity contribution in [1.29, 1.82) is 0 Å². The first-order valence-corrected chi connectivity index (χ1v) is 7.42. The highest BCUT2D eigenvalue weighted by molar-refractivity contribution is 7.92. The van der Waals surface area contributed by atoms with E-state index in [2.05, 4.69) is 4.72 Å². The van der Waals surface area contributed by atoms with Crippen LogP contribution in [0.25, 0.3) is 0 Å². The number of anilines is 2. The lowest BCUT2D eigenvalue weighted by Gasteiger charge is -2.13. The van der Waals surface area contributed by atoms with Gasteiger partial charge in [0.15, 0.2) is 0 Å². The number of nitrogens with one attached hydrogen (secondary N) is 1. The zero-order valence-electron chi connectivity index (χ0n) is 11.2. The van der Waals surface area contributed by atoms with Crippen LogP contribution < -0.4 is 9.62 Å². The molecule has 0 heterocycles. The minimum absolute atomic E-state index is 0.103. The van der Waals surface area contributed by atoms with E-state index in [1.807, 2.05) is 19.0 Å². The molecule has 0 atom stereocenters. The summed E-state index contributed by atoms with van der Waals surface area (Å²) in [7, 11) is 0.0170. The zero-order valence-corrected chi connectivity index (χ0v) is 12.0. The van der Waals surface area contributed by atoms with Gasteiger partial charge >= 0.3 is 0 Å². The highest BCUT2D eigenvalue weighted by atomic mass is 32.2. The van der Waals surface area contributed by atoms with Gasteiger partial charge in [0.25, 0.3) is 10.0 Å². The quantitative estimate of drug-likeness (QED) is 0.943. The molecule has 1 N–H and O–H groups in total. The number of hydrogen-bond acceptors (Lipinski definition) is 3. The molecule has 2 rings (SSSR count). The molecule has 0 aliphatic heterocycles. The highest BCUT2D eigenvalue weighted by Gasteiger charge is 2.14. The van der Waals surface area contributed by atoms with Crippen molar-refractivity contribution in [2.45, 2.75) is 4.90 Å². The molecule has 0 unspecified atom stereocenters. The van der Waals surface area contributed by atoms with E-state index in [4.69, 9.17) is 0 Å². The molecule has 2 aromatic carbocycles. The smallest absolute Gasteiger partial charge is 0.261 e. The van der Waals surface area contributed by atoms with Crippen molar-refractivity contribution in [2.75, 3.05) is 23.7 Å². The molecule has 0 amide bonds. The molecular formula is C14H15FN2O2S. The van der Waals surface area contributed by atoms with Crippen LogP contribution in [-0.2, 0) is 10.0 Å². The molecule has 0 aromatic heterocycles. The Bertz CT molecular complexity index is 697. The largest absolute Gasteiger partial charge is 0.378 e. The first-order chi connectivity index (χ1) is 9.38. The monoisotopic (exact) mass is 294 g/mol. The summed E-state index contributed by atoms with van der Waals surface area (Å²) >= 11 is 0. The van der Waals surface area contributed by atoms with Crippen molar-refractivity contribution in [3.05, 3.63) is 54.3 Å². The van der Waals surface area contributed by atoms with Crippen molar-refractivity contribution < 1.29 is 12.8 Å². The van der Waals surface area contributed by atoms with E-state index in [0.29, 0.717) is 5.69 Å². The van der Waals surface area contributed by atoms with Gasteiger partial charge in [-0.2, -0.15) is 0 Å². The van der Waals surface area contributed by atoms with Gasteiger partial charge in [-0.1, -0.05) is 6.07 Å². The maximum absolute atomic E-state index is 13.1. The number of hydrogen-bond donors (Lipinski definition) is 1. The van der Waals surface area contributed by atoms with E-state index in [1.54, 1.807) is 24.3 Å². The second-order valence-electron chi connectivity index (χ2n) is 4.50. The van der Waals surface area contributed by atoms with E-state index in [9.17, 15) is 12.8 Å². The Kier molecular flexibility index (Phi) is 3.94. The molecular weight excluding hydrogens is 279 g/mol. The number of nitrogens with zero attached hydrogens (tertiary/aromatic N) is 1. The van der Waals surface area contributed by atoms with E-state index < -0.39 is 15.8 Å². The fourth-order valence-electron chi connectivity index (χ4n) is 1.68. The lowest BCUT2D eigenvalue weighted by atomic mass is 10.3. The summed E-state index contributed by atoms with van der Waals surface area (Å²) in [5, 5.41) is 0. The summed E-state index contributed by atoms with van der Waals surface area (Å²) < 4.78 is 39.7. The van der Waals surface area contributed by atoms with Gasteiger partial charge in [0.05, 0.1) is 4.90 Å². The van der Waals surface area contributed by atoms with E-state index in [1.165, 1.54) is 18.2 Å². The SMILES string of the molecule is CN(C)c1ccc(NS(=O)(=O)c2cccc(F)c2)cc1. The van der Waals surface area contributed by atoms with Gasteiger partial charge in [0.1, 0.15) is 5.82 Å². The van der Waals surface area contributed by atoms with Crippen LogP contribution in [0, 0.1) is 5.82 Å². The second kappa shape index (κ2) is 5.50. The molecule has 4 nitrogen and oxygen atoms in total. The molecule has 0 aliphatic carbocycles. The molecule has 0 radical (unpaired) electrons. The van der Waals surface area contributed by atoms with Crippen LogP contribution in [0.1, 0.15) is 0 Å². The molecule has 0 aliphatic rings. The topological polar surface area (TPSA) is 49.4 Å². The number of benzene rings is 2. The fourth-order valence-corrected chi connectivity index (χ4v) is 2.77. The molecule has 0 spiro atoms. The van der Waals surface area contributed by atoms with E-state index >= 15 is 0 Å². The minimum atomic E-state index is -3.77. The predicted molar refractivity (Wildman–Crippen MR) is 78.0 cm³/mol. The van der Waals surface area contributed by atoms with Crippen molar-refractivity contribution in [3.8, 4) is 0 Å². The molecule has 0 fully saturated rings. The molecule has 20 heavy (non-hydrogen) atoms. The Morgan fingerprint density at radius 1 is 1.05 bits per heavy atom. The zero-order chi connectivity index (χ0) is 14.8. The summed E-state index contributed by atoms with van der Waals surface area (Å²) in [5.74, 6) is -0.587. The van der Waals surface area contributed by atoms with Crippen molar-refractivity contribution in [1.82, 2.24) is 0 Å². The van der Waals surface area contributed by atoms with Crippen LogP contribution in [0.2, 0.25) is 0 Å². The third-order valence-electron chi connectivity index (χ3n) is 2.74. The summed E-state index contributed by atoms with van der Waals surface area (Å²) in [4.78, 5) is 1.80. The molecule has 0 bridgehead atoms. The average molecular weight is 294 g/mol. The Balaban J connectivity index is 2.24. The minimum Gasteiger partial charge on any atom is -0.378 e. The van der Waals surface area contributed by atoms with Crippen molar-refractivity contribution in [3.63, 3.8) is 0 Å². The summed E-state index contributed by atoms with van der Waals surface area (Å²) in [6, 6.07) is 11.8. The number of rotatable bonds is 4. The van der Waals surface area contributed by atoms with E-state index in [0.717, 1.165) is 11.8 Å². The van der Waals surface area contributed by atoms with Gasteiger partial charge in [-0.05, 0) is 42.5 Å². The normalized spacial score (nSPS) is 11.2. The van der Waals surface area contributed by atoms with Crippen LogP contribution in [0.5, 0.6) is 0 Å². The van der Waals surface area contributed by atoms with Gasteiger partial charge in [-0.25, -0.2) is 12.8 Å². The van der Waals surface area contributed by atoms with Gasteiger partial charge in [0, 0.05) is 25.5 Å². The van der Waals surface area contributed by atoms with Gasteiger partial charge in [0.2, 0.25) is 0 Å². The molecule has 106 valence electrons. The fraction of sp³-hybridized carbons (Fsp3) is 0.143. The Labute approximate surface area is 117 Å². The van der Waals surface area contributed by atoms with Crippen molar-refractivity contribution in [2.24, 2.45) is 0 Å². The van der Waals surface area contributed by atoms with Crippen LogP contribution in [0.3, 0.4) is 0 Å². The maximum Gasteiger partial charge on any atom is 0.261 e. The molecule has 2 aromatic rings. The first kappa shape index (κ1) is 14.3. The lowest BCUT2D eigenvalue weighted by Crippen LogP contribution is -2.13. The van der Waals surface area contributed by atoms with Crippen LogP contribution >= 0.6 is 0 Å². The standard InChI is InChI=1S/C14H15FN2O2S/c1-17(2)13-8-6-12(7-9-13)16-20(18,19)14-5-3-4-11(15)10-14/h3-10,16H,1-2H3. The van der Waals surface area contributed by atoms with Gasteiger partial charge in [-0.3, -0.25) is 4.72 Å². The van der Waals surface area contributed by atoms with Crippen LogP contribution in [0.4, 0.5) is 15.8 Å². The Morgan fingerprint density at radius 2 is 1.70 bits per heavy atom. The first-order valence-electron chi connectivity index (χ1n) is 5.94. The molecule has 6 heteroatoms. The highest BCUT2D eigenvalue weighted by Crippen LogP contribution is 2.19. The predicted octanol–water partition coefficient (Wildman–Crippen LogP) is 2.69.